The van der Waals surface area contributed by atoms with Crippen LogP contribution in [0.4, 0.5) is 5.69 Å². The highest BCUT2D eigenvalue weighted by Gasteiger charge is 2.33. The Balaban J connectivity index is 1.66. The third-order valence-electron chi connectivity index (χ3n) is 4.99. The van der Waals surface area contributed by atoms with Gasteiger partial charge in [-0.3, -0.25) is 0 Å². The Bertz CT molecular complexity index is 646. The lowest BCUT2D eigenvalue weighted by Gasteiger charge is -2.45. The summed E-state index contributed by atoms with van der Waals surface area (Å²) in [4.78, 5) is 13.3. The van der Waals surface area contributed by atoms with Crippen LogP contribution in [-0.2, 0) is 6.54 Å². The molecular formula is C17H25N5. The van der Waals surface area contributed by atoms with E-state index in [1.165, 1.54) is 25.2 Å². The summed E-state index contributed by atoms with van der Waals surface area (Å²) in [7, 11) is 4.21. The van der Waals surface area contributed by atoms with Crippen LogP contribution >= 0.6 is 0 Å². The van der Waals surface area contributed by atoms with Gasteiger partial charge in [0, 0.05) is 26.2 Å². The number of benzene rings is 1. The molecule has 2 fully saturated rings. The van der Waals surface area contributed by atoms with Crippen LogP contribution in [0.3, 0.4) is 0 Å². The van der Waals surface area contributed by atoms with Crippen LogP contribution in [0.15, 0.2) is 18.2 Å². The molecule has 5 nitrogen and oxygen atoms in total. The number of nitrogens with one attached hydrogen (secondary N) is 2. The van der Waals surface area contributed by atoms with Crippen molar-refractivity contribution >= 4 is 16.7 Å². The van der Waals surface area contributed by atoms with Crippen LogP contribution in [0.2, 0.25) is 0 Å². The number of hydrogen-bond acceptors (Lipinski definition) is 4. The number of anilines is 1. The number of aromatic nitrogens is 2. The van der Waals surface area contributed by atoms with Gasteiger partial charge in [0.15, 0.2) is 0 Å². The van der Waals surface area contributed by atoms with E-state index >= 15 is 0 Å². The molecule has 0 amide bonds. The van der Waals surface area contributed by atoms with Gasteiger partial charge in [-0.1, -0.05) is 6.07 Å². The Morgan fingerprint density at radius 1 is 1.23 bits per heavy atom. The number of aromatic amines is 1. The normalized spacial score (nSPS) is 25.8. The van der Waals surface area contributed by atoms with E-state index in [1.54, 1.807) is 0 Å². The Morgan fingerprint density at radius 3 is 2.73 bits per heavy atom. The van der Waals surface area contributed by atoms with E-state index in [-0.39, 0.29) is 0 Å². The molecule has 2 N–H and O–H groups in total. The number of rotatable bonds is 3. The summed E-state index contributed by atoms with van der Waals surface area (Å²) in [6.07, 6.45) is 1.39. The molecule has 22 heavy (non-hydrogen) atoms. The van der Waals surface area contributed by atoms with E-state index in [2.05, 4.69) is 45.3 Å². The van der Waals surface area contributed by atoms with Crippen molar-refractivity contribution in [2.24, 2.45) is 11.8 Å². The maximum atomic E-state index is 4.82. The maximum absolute atomic E-state index is 4.82. The molecule has 1 aromatic heterocycles. The average molecular weight is 299 g/mol. The molecule has 4 rings (SSSR count). The Hall–Kier alpha value is -1.59. The first-order valence-corrected chi connectivity index (χ1v) is 8.28. The molecule has 0 aliphatic carbocycles. The van der Waals surface area contributed by atoms with Gasteiger partial charge in [0.25, 0.3) is 0 Å². The molecule has 2 aliphatic rings. The molecule has 2 aromatic rings. The largest absolute Gasteiger partial charge is 0.369 e. The quantitative estimate of drug-likeness (QED) is 0.905. The molecule has 0 radical (unpaired) electrons. The third kappa shape index (κ3) is 2.48. The average Bonchev–Trinajstić information content (AvgIpc) is 2.88. The number of imidazole rings is 1. The molecule has 118 valence electrons. The predicted molar refractivity (Wildman–Crippen MR) is 90.2 cm³/mol. The zero-order chi connectivity index (χ0) is 15.1. The SMILES string of the molecule is CNCc1nc2c(N3CC4CC(CN(C)C4)C3)cccc2[nH]1. The number of nitrogens with zero attached hydrogens (tertiary/aromatic N) is 3. The van der Waals surface area contributed by atoms with Crippen molar-refractivity contribution in [1.29, 1.82) is 0 Å². The maximum Gasteiger partial charge on any atom is 0.121 e. The van der Waals surface area contributed by atoms with Crippen LogP contribution < -0.4 is 10.2 Å². The Morgan fingerprint density at radius 2 is 2.00 bits per heavy atom. The monoisotopic (exact) mass is 299 g/mol. The van der Waals surface area contributed by atoms with Crippen LogP contribution in [0.5, 0.6) is 0 Å². The summed E-state index contributed by atoms with van der Waals surface area (Å²) < 4.78 is 0. The number of hydrogen-bond donors (Lipinski definition) is 2. The second-order valence-corrected chi connectivity index (χ2v) is 6.98. The highest BCUT2D eigenvalue weighted by atomic mass is 15.2. The van der Waals surface area contributed by atoms with Crippen molar-refractivity contribution in [3.8, 4) is 0 Å². The fourth-order valence-electron chi connectivity index (χ4n) is 4.31. The summed E-state index contributed by atoms with van der Waals surface area (Å²) in [5.74, 6) is 2.61. The summed E-state index contributed by atoms with van der Waals surface area (Å²) in [6, 6.07) is 6.51. The lowest BCUT2D eigenvalue weighted by Crippen LogP contribution is -2.51. The Labute approximate surface area is 131 Å². The van der Waals surface area contributed by atoms with Crippen molar-refractivity contribution in [1.82, 2.24) is 20.2 Å². The first-order chi connectivity index (χ1) is 10.7. The van der Waals surface area contributed by atoms with Crippen molar-refractivity contribution < 1.29 is 0 Å². The minimum absolute atomic E-state index is 0.782. The van der Waals surface area contributed by atoms with E-state index in [9.17, 15) is 0 Å². The molecular weight excluding hydrogens is 274 g/mol. The number of H-pyrrole nitrogens is 1. The third-order valence-corrected chi connectivity index (χ3v) is 4.99. The topological polar surface area (TPSA) is 47.2 Å². The number of para-hydroxylation sites is 1. The van der Waals surface area contributed by atoms with E-state index in [1.807, 2.05) is 7.05 Å². The van der Waals surface area contributed by atoms with Gasteiger partial charge < -0.3 is 20.1 Å². The van der Waals surface area contributed by atoms with Gasteiger partial charge >= 0.3 is 0 Å². The lowest BCUT2D eigenvalue weighted by molar-refractivity contribution is 0.133. The first kappa shape index (κ1) is 14.0. The Kier molecular flexibility index (Phi) is 3.54. The summed E-state index contributed by atoms with van der Waals surface area (Å²) in [6.45, 7) is 5.57. The molecule has 3 heterocycles. The predicted octanol–water partition coefficient (Wildman–Crippen LogP) is 1.67. The van der Waals surface area contributed by atoms with E-state index in [0.29, 0.717) is 0 Å². The molecule has 2 atom stereocenters. The smallest absolute Gasteiger partial charge is 0.121 e. The summed E-state index contributed by atoms with van der Waals surface area (Å²) in [5, 5.41) is 3.17. The second-order valence-electron chi connectivity index (χ2n) is 6.98. The van der Waals surface area contributed by atoms with Crippen molar-refractivity contribution in [3.63, 3.8) is 0 Å². The van der Waals surface area contributed by atoms with Gasteiger partial charge in [0.1, 0.15) is 11.3 Å². The minimum Gasteiger partial charge on any atom is -0.369 e. The number of likely N-dealkylation sites (tertiary alicyclic amines) is 1. The van der Waals surface area contributed by atoms with Crippen molar-refractivity contribution in [2.75, 3.05) is 45.2 Å². The van der Waals surface area contributed by atoms with Crippen molar-refractivity contribution in [2.45, 2.75) is 13.0 Å². The zero-order valence-corrected chi connectivity index (χ0v) is 13.5. The summed E-state index contributed by atoms with van der Waals surface area (Å²) >= 11 is 0. The van der Waals surface area contributed by atoms with Gasteiger partial charge in [-0.05, 0) is 44.5 Å². The highest BCUT2D eigenvalue weighted by Crippen LogP contribution is 2.33. The van der Waals surface area contributed by atoms with E-state index in [0.717, 1.165) is 48.3 Å². The molecule has 0 spiro atoms. The molecule has 2 unspecified atom stereocenters. The van der Waals surface area contributed by atoms with Crippen LogP contribution in [0.1, 0.15) is 12.2 Å². The zero-order valence-electron chi connectivity index (χ0n) is 13.5. The fourth-order valence-corrected chi connectivity index (χ4v) is 4.31. The van der Waals surface area contributed by atoms with E-state index in [4.69, 9.17) is 4.98 Å². The van der Waals surface area contributed by atoms with Crippen LogP contribution in [-0.4, -0.2) is 55.1 Å². The number of piperidine rings is 2. The standard InChI is InChI=1S/C17H25N5/c1-18-7-16-19-14-4-3-5-15(17(14)20-16)22-10-12-6-13(11-22)9-21(2)8-12/h3-5,12-13,18H,6-11H2,1-2H3,(H,19,20). The van der Waals surface area contributed by atoms with E-state index < -0.39 is 0 Å². The minimum atomic E-state index is 0.782. The van der Waals surface area contributed by atoms with Gasteiger partial charge in [-0.2, -0.15) is 0 Å². The van der Waals surface area contributed by atoms with Gasteiger partial charge in [0.05, 0.1) is 17.7 Å². The van der Waals surface area contributed by atoms with Gasteiger partial charge in [-0.25, -0.2) is 4.98 Å². The fraction of sp³-hybridized carbons (Fsp3) is 0.588. The second kappa shape index (κ2) is 5.56. The van der Waals surface area contributed by atoms with Crippen LogP contribution in [0, 0.1) is 11.8 Å². The molecule has 0 saturated carbocycles. The molecule has 1 aromatic carbocycles. The van der Waals surface area contributed by atoms with Crippen LogP contribution in [0.25, 0.3) is 11.0 Å². The first-order valence-electron chi connectivity index (χ1n) is 8.28. The molecule has 2 aliphatic heterocycles. The highest BCUT2D eigenvalue weighted by molar-refractivity contribution is 5.89. The molecule has 2 saturated heterocycles. The van der Waals surface area contributed by atoms with Gasteiger partial charge in [0.2, 0.25) is 0 Å². The summed E-state index contributed by atoms with van der Waals surface area (Å²) in [5.41, 5.74) is 3.58. The van der Waals surface area contributed by atoms with Crippen molar-refractivity contribution in [3.05, 3.63) is 24.0 Å². The molecule has 5 heteroatoms. The van der Waals surface area contributed by atoms with Gasteiger partial charge in [-0.15, -0.1) is 0 Å². The molecule has 2 bridgehead atoms. The number of fused-ring (bicyclic) bond motifs is 3. The lowest BCUT2D eigenvalue weighted by atomic mass is 9.84.